The van der Waals surface area contributed by atoms with Gasteiger partial charge in [0, 0.05) is 94.0 Å². The Morgan fingerprint density at radius 3 is 2.49 bits per heavy atom. The number of nitrogens with one attached hydrogen (secondary N) is 2. The van der Waals surface area contributed by atoms with Gasteiger partial charge in [-0.3, -0.25) is 39.4 Å². The second-order valence-electron chi connectivity index (χ2n) is 18.5. The highest BCUT2D eigenvalue weighted by Crippen LogP contribution is 2.46. The van der Waals surface area contributed by atoms with E-state index in [0.717, 1.165) is 90.7 Å². The molecule has 7 aliphatic rings. The van der Waals surface area contributed by atoms with Gasteiger partial charge in [0.2, 0.25) is 17.7 Å². The standard InChI is InChI=1S/C46H54F2N8O5/c1-27-17-35-32(5-6-37-36(35)21-49-51-37)43(55(27)25-40(47)48)33-4-3-31(20-39(33)61-2)53-13-9-46(10-14-53)11-15-54(16-12-46)42(58)26-52-22-28-18-30-24-56(38-7-8-41(57)50-44(38)59)45(60)34(30)19-29(28)23-52/h3-6,18-21,27,33,38-40,43H,7-17,22-26H2,1-2H3,(H,49,51)(H,50,57,59)/t27-,33?,38?,39?,43+/m1/s1. The van der Waals surface area contributed by atoms with Crippen molar-refractivity contribution in [3.05, 3.63) is 87.8 Å². The first-order valence-electron chi connectivity index (χ1n) is 21.9. The molecule has 6 aliphatic heterocycles. The number of aromatic nitrogens is 2. The summed E-state index contributed by atoms with van der Waals surface area (Å²) in [5, 5.41) is 10.8. The summed E-state index contributed by atoms with van der Waals surface area (Å²) in [6.45, 7) is 6.97. The molecule has 4 amide bonds. The van der Waals surface area contributed by atoms with Gasteiger partial charge in [-0.15, -0.1) is 0 Å². The van der Waals surface area contributed by atoms with Crippen molar-refractivity contribution in [2.75, 3.05) is 46.4 Å². The number of fused-ring (bicyclic) bond motifs is 5. The van der Waals surface area contributed by atoms with Crippen molar-refractivity contribution in [1.29, 1.82) is 0 Å². The molecule has 3 unspecified atom stereocenters. The van der Waals surface area contributed by atoms with Gasteiger partial charge in [0.1, 0.15) is 6.04 Å². The number of benzene rings is 2. The molecule has 5 atom stereocenters. The number of piperidine rings is 3. The molecule has 0 bridgehead atoms. The van der Waals surface area contributed by atoms with Crippen molar-refractivity contribution >= 4 is 34.5 Å². The van der Waals surface area contributed by atoms with Gasteiger partial charge >= 0.3 is 0 Å². The van der Waals surface area contributed by atoms with Crippen LogP contribution in [0.15, 0.2) is 54.4 Å². The lowest BCUT2D eigenvalue weighted by Crippen LogP contribution is -2.52. The predicted molar refractivity (Wildman–Crippen MR) is 222 cm³/mol. The Morgan fingerprint density at radius 1 is 1.00 bits per heavy atom. The molecule has 13 nitrogen and oxygen atoms in total. The largest absolute Gasteiger partial charge is 0.377 e. The molecule has 3 saturated heterocycles. The number of methoxy groups -OCH3 is 1. The molecular weight excluding hydrogens is 783 g/mol. The van der Waals surface area contributed by atoms with Crippen LogP contribution in [-0.2, 0) is 45.2 Å². The molecule has 61 heavy (non-hydrogen) atoms. The average molecular weight is 837 g/mol. The fourth-order valence-corrected chi connectivity index (χ4v) is 11.6. The highest BCUT2D eigenvalue weighted by atomic mass is 19.3. The van der Waals surface area contributed by atoms with Crippen molar-refractivity contribution in [2.24, 2.45) is 11.3 Å². The number of alkyl halides is 2. The summed E-state index contributed by atoms with van der Waals surface area (Å²) in [5.74, 6) is -0.891. The molecule has 2 N–H and O–H groups in total. The Labute approximate surface area is 354 Å². The molecule has 3 fully saturated rings. The zero-order chi connectivity index (χ0) is 42.2. The smallest absolute Gasteiger partial charge is 0.255 e. The highest BCUT2D eigenvalue weighted by molar-refractivity contribution is 6.05. The van der Waals surface area contributed by atoms with E-state index in [1.54, 1.807) is 12.0 Å². The Hall–Kier alpha value is -4.99. The van der Waals surface area contributed by atoms with Crippen LogP contribution in [0.3, 0.4) is 0 Å². The first-order valence-corrected chi connectivity index (χ1v) is 21.9. The van der Waals surface area contributed by atoms with Gasteiger partial charge in [0.15, 0.2) is 0 Å². The average Bonchev–Trinajstić information content (AvgIpc) is 3.97. The van der Waals surface area contributed by atoms with Crippen LogP contribution < -0.4 is 5.32 Å². The lowest BCUT2D eigenvalue weighted by Gasteiger charge is -2.49. The van der Waals surface area contributed by atoms with Crippen LogP contribution in [0.4, 0.5) is 8.78 Å². The van der Waals surface area contributed by atoms with Crippen molar-refractivity contribution in [1.82, 2.24) is 40.0 Å². The number of imide groups is 1. The number of nitrogens with zero attached hydrogens (tertiary/aromatic N) is 6. The van der Waals surface area contributed by atoms with E-state index in [0.29, 0.717) is 44.6 Å². The van der Waals surface area contributed by atoms with Gasteiger partial charge in [-0.1, -0.05) is 18.2 Å². The molecular formula is C46H54F2N8O5. The number of carbonyl (C=O) groups excluding carboxylic acids is 4. The summed E-state index contributed by atoms with van der Waals surface area (Å²) in [5.41, 5.74) is 8.18. The van der Waals surface area contributed by atoms with Crippen LogP contribution in [0.2, 0.25) is 0 Å². The van der Waals surface area contributed by atoms with Gasteiger partial charge in [0.05, 0.1) is 30.9 Å². The third-order valence-corrected chi connectivity index (χ3v) is 15.1. The van der Waals surface area contributed by atoms with Crippen LogP contribution in [0, 0.1) is 11.3 Å². The second-order valence-corrected chi connectivity index (χ2v) is 18.5. The Bertz CT molecular complexity index is 2330. The number of halogens is 2. The maximum Gasteiger partial charge on any atom is 0.255 e. The molecule has 1 aliphatic carbocycles. The molecule has 10 rings (SSSR count). The summed E-state index contributed by atoms with van der Waals surface area (Å²) in [6.07, 6.45) is 11.0. The number of H-pyrrole nitrogens is 1. The lowest BCUT2D eigenvalue weighted by molar-refractivity contribution is -0.137. The van der Waals surface area contributed by atoms with Crippen LogP contribution >= 0.6 is 0 Å². The van der Waals surface area contributed by atoms with E-state index in [1.165, 1.54) is 5.56 Å². The van der Waals surface area contributed by atoms with E-state index in [1.807, 2.05) is 35.1 Å². The van der Waals surface area contributed by atoms with Crippen molar-refractivity contribution in [3.8, 4) is 0 Å². The Kier molecular flexibility index (Phi) is 10.3. The van der Waals surface area contributed by atoms with Crippen molar-refractivity contribution < 1.29 is 32.7 Å². The third kappa shape index (κ3) is 7.25. The number of amides is 4. The van der Waals surface area contributed by atoms with E-state index in [-0.39, 0.29) is 60.2 Å². The number of aromatic amines is 1. The number of rotatable bonds is 8. The molecule has 15 heteroatoms. The van der Waals surface area contributed by atoms with Gasteiger partial charge in [-0.25, -0.2) is 8.78 Å². The van der Waals surface area contributed by atoms with Gasteiger partial charge in [0.25, 0.3) is 12.3 Å². The zero-order valence-electron chi connectivity index (χ0n) is 34.9. The minimum absolute atomic E-state index is 0.0714. The third-order valence-electron chi connectivity index (χ3n) is 15.1. The second kappa shape index (κ2) is 15.7. The predicted octanol–water partition coefficient (Wildman–Crippen LogP) is 4.68. The molecule has 3 aromatic rings. The fourth-order valence-electron chi connectivity index (χ4n) is 11.6. The van der Waals surface area contributed by atoms with E-state index in [4.69, 9.17) is 4.74 Å². The minimum Gasteiger partial charge on any atom is -0.377 e. The number of ether oxygens (including phenoxy) is 1. The first-order chi connectivity index (χ1) is 29.5. The quantitative estimate of drug-likeness (QED) is 0.311. The maximum absolute atomic E-state index is 14.1. The summed E-state index contributed by atoms with van der Waals surface area (Å²) in [4.78, 5) is 61.3. The summed E-state index contributed by atoms with van der Waals surface area (Å²) >= 11 is 0. The highest BCUT2D eigenvalue weighted by Gasteiger charge is 2.44. The summed E-state index contributed by atoms with van der Waals surface area (Å²) in [7, 11) is 1.71. The minimum atomic E-state index is -2.45. The number of allylic oxidation sites excluding steroid dienone is 1. The number of hydrogen-bond donors (Lipinski definition) is 2. The molecule has 2 aromatic carbocycles. The van der Waals surface area contributed by atoms with Gasteiger partial charge < -0.3 is 19.4 Å². The Morgan fingerprint density at radius 2 is 1.75 bits per heavy atom. The van der Waals surface area contributed by atoms with E-state index in [2.05, 4.69) is 55.7 Å². The first kappa shape index (κ1) is 40.1. The monoisotopic (exact) mass is 836 g/mol. The van der Waals surface area contributed by atoms with Crippen molar-refractivity contribution in [2.45, 2.75) is 102 Å². The van der Waals surface area contributed by atoms with Gasteiger partial charge in [-0.2, -0.15) is 5.10 Å². The maximum atomic E-state index is 14.1. The molecule has 0 saturated carbocycles. The van der Waals surface area contributed by atoms with E-state index < -0.39 is 18.4 Å². The van der Waals surface area contributed by atoms with Crippen LogP contribution in [0.5, 0.6) is 0 Å². The number of hydrogen-bond acceptors (Lipinski definition) is 9. The molecule has 1 spiro atoms. The van der Waals surface area contributed by atoms with Gasteiger partial charge in [-0.05, 0) is 103 Å². The number of likely N-dealkylation sites (tertiary alicyclic amines) is 2. The molecule has 7 heterocycles. The Balaban J connectivity index is 0.733. The van der Waals surface area contributed by atoms with Crippen molar-refractivity contribution in [3.63, 3.8) is 0 Å². The van der Waals surface area contributed by atoms with Crippen LogP contribution in [0.25, 0.3) is 10.9 Å². The molecule has 322 valence electrons. The summed E-state index contributed by atoms with van der Waals surface area (Å²) in [6, 6.07) is 7.11. The van der Waals surface area contributed by atoms with E-state index >= 15 is 0 Å². The molecule has 0 radical (unpaired) electrons. The number of carbonyl (C=O) groups is 4. The zero-order valence-corrected chi connectivity index (χ0v) is 34.9. The lowest BCUT2D eigenvalue weighted by atomic mass is 9.71. The molecule has 1 aromatic heterocycles. The SMILES string of the molecule is COC1C=C(N2CCC3(CCN(C(=O)CN4Cc5cc6c(cc5C4)C(=O)N(C4CCC(=O)NC4=O)C6)CC3)CC2)C=CC1[C@@H]1c2ccc3[nH]ncc3c2C[C@@H](C)N1CC(F)F. The summed E-state index contributed by atoms with van der Waals surface area (Å²) < 4.78 is 34.3. The van der Waals surface area contributed by atoms with Crippen LogP contribution in [0.1, 0.15) is 89.7 Å². The normalized spacial score (nSPS) is 27.8. The van der Waals surface area contributed by atoms with E-state index in [9.17, 15) is 28.0 Å². The van der Waals surface area contributed by atoms with Crippen LogP contribution in [-0.4, -0.2) is 129 Å². The topological polar surface area (TPSA) is 134 Å². The fraction of sp³-hybridized carbons (Fsp3) is 0.543.